The number of aromatic nitrogens is 3. The molecule has 0 radical (unpaired) electrons. The van der Waals surface area contributed by atoms with E-state index in [4.69, 9.17) is 4.74 Å². The first-order valence-corrected chi connectivity index (χ1v) is 10.2. The monoisotopic (exact) mass is 383 g/mol. The smallest absolute Gasteiger partial charge is 0.245 e. The molecule has 3 fully saturated rings. The van der Waals surface area contributed by atoms with Gasteiger partial charge in [0.15, 0.2) is 5.65 Å². The second-order valence-electron chi connectivity index (χ2n) is 7.91. The second-order valence-corrected chi connectivity index (χ2v) is 7.91. The lowest BCUT2D eigenvalue weighted by Gasteiger charge is -2.31. The summed E-state index contributed by atoms with van der Waals surface area (Å²) in [5.74, 6) is 0.864. The molecule has 5 rings (SSSR count). The quantitative estimate of drug-likeness (QED) is 0.859. The Morgan fingerprint density at radius 2 is 2.14 bits per heavy atom. The molecule has 2 aromatic heterocycles. The van der Waals surface area contributed by atoms with Crippen LogP contribution in [0.15, 0.2) is 18.3 Å². The van der Waals surface area contributed by atoms with E-state index in [1.165, 1.54) is 0 Å². The number of imidazole rings is 1. The molecule has 3 atom stereocenters. The van der Waals surface area contributed by atoms with Gasteiger partial charge in [0.05, 0.1) is 17.7 Å². The molecule has 0 aromatic carbocycles. The number of hydrogen-bond donors (Lipinski definition) is 1. The average molecular weight is 383 g/mol. The zero-order chi connectivity index (χ0) is 19.1. The third-order valence-corrected chi connectivity index (χ3v) is 6.20. The van der Waals surface area contributed by atoms with Gasteiger partial charge in [0.25, 0.3) is 0 Å². The average Bonchev–Trinajstić information content (AvgIpc) is 3.48. The van der Waals surface area contributed by atoms with Gasteiger partial charge in [0.2, 0.25) is 11.8 Å². The topological polar surface area (TPSA) is 91.4 Å². The highest BCUT2D eigenvalue weighted by molar-refractivity contribution is 5.89. The summed E-state index contributed by atoms with van der Waals surface area (Å²) in [5, 5.41) is 0. The van der Waals surface area contributed by atoms with Crippen molar-refractivity contribution in [1.82, 2.24) is 24.8 Å². The van der Waals surface area contributed by atoms with Crippen molar-refractivity contribution in [3.05, 3.63) is 24.2 Å². The lowest BCUT2D eigenvalue weighted by atomic mass is 10.1. The Balaban J connectivity index is 1.31. The van der Waals surface area contributed by atoms with Crippen molar-refractivity contribution in [3.8, 4) is 0 Å². The lowest BCUT2D eigenvalue weighted by molar-refractivity contribution is -0.144. The van der Waals surface area contributed by atoms with Crippen molar-refractivity contribution in [2.75, 3.05) is 19.7 Å². The minimum absolute atomic E-state index is 0.00379. The van der Waals surface area contributed by atoms with Gasteiger partial charge < -0.3 is 19.5 Å². The Hall–Kier alpha value is -2.48. The molecule has 28 heavy (non-hydrogen) atoms. The number of nitrogens with zero attached hydrogens (tertiary/aromatic N) is 4. The highest BCUT2D eigenvalue weighted by Gasteiger charge is 2.50. The number of fused-ring (bicyclic) bond motifs is 2. The maximum atomic E-state index is 13.1. The normalized spacial score (nSPS) is 26.9. The van der Waals surface area contributed by atoms with Crippen molar-refractivity contribution < 1.29 is 14.3 Å². The number of aryl methyl sites for hydroxylation is 1. The van der Waals surface area contributed by atoms with Gasteiger partial charge in [-0.25, -0.2) is 9.97 Å². The molecule has 2 aromatic rings. The number of likely N-dealkylation sites (tertiary alicyclic amines) is 2. The maximum absolute atomic E-state index is 13.1. The number of rotatable bonds is 4. The van der Waals surface area contributed by atoms with Crippen LogP contribution in [0.3, 0.4) is 0 Å². The molecule has 3 saturated heterocycles. The molecule has 148 valence electrons. The molecule has 2 amide bonds. The van der Waals surface area contributed by atoms with E-state index in [9.17, 15) is 9.59 Å². The van der Waals surface area contributed by atoms with Crippen molar-refractivity contribution in [2.45, 2.75) is 56.7 Å². The summed E-state index contributed by atoms with van der Waals surface area (Å²) in [5.41, 5.74) is 1.54. The molecule has 8 heteroatoms. The number of carbonyl (C=O) groups is 2. The number of pyridine rings is 1. The first kappa shape index (κ1) is 17.6. The van der Waals surface area contributed by atoms with E-state index in [0.29, 0.717) is 31.5 Å². The third-order valence-electron chi connectivity index (χ3n) is 6.20. The minimum Gasteiger partial charge on any atom is -0.376 e. The molecule has 0 aliphatic carbocycles. The van der Waals surface area contributed by atoms with Gasteiger partial charge in [-0.3, -0.25) is 9.59 Å². The van der Waals surface area contributed by atoms with E-state index in [0.717, 1.165) is 43.7 Å². The van der Waals surface area contributed by atoms with Crippen LogP contribution in [0.2, 0.25) is 0 Å². The molecule has 3 aliphatic rings. The molecule has 3 aliphatic heterocycles. The van der Waals surface area contributed by atoms with E-state index in [1.807, 2.05) is 21.9 Å². The van der Waals surface area contributed by atoms with Crippen LogP contribution in [0.5, 0.6) is 0 Å². The minimum atomic E-state index is -0.377. The van der Waals surface area contributed by atoms with E-state index in [1.54, 1.807) is 6.20 Å². The fourth-order valence-electron chi connectivity index (χ4n) is 4.84. The van der Waals surface area contributed by atoms with Crippen molar-refractivity contribution in [1.29, 1.82) is 0 Å². The van der Waals surface area contributed by atoms with E-state index >= 15 is 0 Å². The number of ether oxygens (including phenoxy) is 1. The number of H-pyrrole nitrogens is 1. The summed E-state index contributed by atoms with van der Waals surface area (Å²) in [4.78, 5) is 41.8. The van der Waals surface area contributed by atoms with Crippen LogP contribution in [0, 0.1) is 0 Å². The van der Waals surface area contributed by atoms with Crippen LogP contribution in [0.4, 0.5) is 0 Å². The summed E-state index contributed by atoms with van der Waals surface area (Å²) in [7, 11) is 0. The molecule has 0 bridgehead atoms. The third kappa shape index (κ3) is 3.05. The van der Waals surface area contributed by atoms with Gasteiger partial charge >= 0.3 is 0 Å². The zero-order valence-electron chi connectivity index (χ0n) is 15.8. The van der Waals surface area contributed by atoms with Gasteiger partial charge in [0, 0.05) is 45.2 Å². The standard InChI is InChI=1S/C20H25N5O3/c26-18(6-5-17-22-13-4-3-8-21-19(13)23-17)25-14-7-11-28-16(14)12-15(25)20(27)24-9-1-2-10-24/h3-4,8,14-16H,1-2,5-7,9-12H2,(H,21,22,23)/t14-,15-,16-/m0/s1. The van der Waals surface area contributed by atoms with Gasteiger partial charge in [0.1, 0.15) is 11.9 Å². The maximum Gasteiger partial charge on any atom is 0.245 e. The summed E-state index contributed by atoms with van der Waals surface area (Å²) in [6.45, 7) is 2.28. The van der Waals surface area contributed by atoms with Crippen LogP contribution in [-0.2, 0) is 20.7 Å². The van der Waals surface area contributed by atoms with Crippen LogP contribution in [-0.4, -0.2) is 74.5 Å². The van der Waals surface area contributed by atoms with Crippen LogP contribution in [0.1, 0.15) is 37.9 Å². The summed E-state index contributed by atoms with van der Waals surface area (Å²) in [6, 6.07) is 3.43. The fraction of sp³-hybridized carbons (Fsp3) is 0.600. The number of amides is 2. The summed E-state index contributed by atoms with van der Waals surface area (Å²) in [6.07, 6.45) is 6.08. The second kappa shape index (κ2) is 7.16. The van der Waals surface area contributed by atoms with Crippen LogP contribution >= 0.6 is 0 Å². The van der Waals surface area contributed by atoms with Crippen molar-refractivity contribution in [2.24, 2.45) is 0 Å². The van der Waals surface area contributed by atoms with Gasteiger partial charge in [-0.05, 0) is 31.4 Å². The predicted octanol–water partition coefficient (Wildman–Crippen LogP) is 1.27. The van der Waals surface area contributed by atoms with Gasteiger partial charge in [-0.2, -0.15) is 0 Å². The molecule has 0 unspecified atom stereocenters. The molecule has 5 heterocycles. The van der Waals surface area contributed by atoms with Crippen LogP contribution in [0.25, 0.3) is 11.2 Å². The number of nitrogens with one attached hydrogen (secondary N) is 1. The largest absolute Gasteiger partial charge is 0.376 e. The zero-order valence-corrected chi connectivity index (χ0v) is 15.8. The Bertz CT molecular complexity index is 858. The van der Waals surface area contributed by atoms with Gasteiger partial charge in [-0.15, -0.1) is 0 Å². The predicted molar refractivity (Wildman–Crippen MR) is 101 cm³/mol. The SMILES string of the molecule is O=C([C@@H]1C[C@@H]2OCC[C@@H]2N1C(=O)CCc1nc2ncccc2[nH]1)N1CCCC1. The molecule has 1 N–H and O–H groups in total. The first-order chi connectivity index (χ1) is 13.7. The Kier molecular flexibility index (Phi) is 4.50. The van der Waals surface area contributed by atoms with Gasteiger partial charge in [-0.1, -0.05) is 0 Å². The fourth-order valence-corrected chi connectivity index (χ4v) is 4.84. The molecule has 0 spiro atoms. The van der Waals surface area contributed by atoms with Crippen molar-refractivity contribution >= 4 is 23.0 Å². The van der Waals surface area contributed by atoms with E-state index in [2.05, 4.69) is 15.0 Å². The summed E-state index contributed by atoms with van der Waals surface area (Å²) < 4.78 is 5.81. The highest BCUT2D eigenvalue weighted by Crippen LogP contribution is 2.35. The first-order valence-electron chi connectivity index (χ1n) is 10.2. The number of aromatic amines is 1. The number of carbonyl (C=O) groups excluding carboxylic acids is 2. The lowest BCUT2D eigenvalue weighted by Crippen LogP contribution is -2.49. The van der Waals surface area contributed by atoms with Crippen molar-refractivity contribution in [3.63, 3.8) is 0 Å². The molecular weight excluding hydrogens is 358 g/mol. The number of hydrogen-bond acceptors (Lipinski definition) is 5. The van der Waals surface area contributed by atoms with E-state index in [-0.39, 0.29) is 30.0 Å². The Morgan fingerprint density at radius 3 is 2.96 bits per heavy atom. The highest BCUT2D eigenvalue weighted by atomic mass is 16.5. The van der Waals surface area contributed by atoms with E-state index < -0.39 is 0 Å². The summed E-state index contributed by atoms with van der Waals surface area (Å²) >= 11 is 0. The molecular formula is C20H25N5O3. The Morgan fingerprint density at radius 1 is 1.29 bits per heavy atom. The molecule has 0 saturated carbocycles. The Labute approximate surface area is 163 Å². The molecule has 8 nitrogen and oxygen atoms in total. The van der Waals surface area contributed by atoms with Crippen LogP contribution < -0.4 is 0 Å².